The fraction of sp³-hybridized carbons (Fsp3) is 0.222. The van der Waals surface area contributed by atoms with Crippen molar-refractivity contribution >= 4 is 42.9 Å². The quantitative estimate of drug-likeness (QED) is 0.787. The average Bonchev–Trinajstić information content (AvgIpc) is 2.56. The third-order valence-electron chi connectivity index (χ3n) is 2.01. The highest BCUT2D eigenvalue weighted by molar-refractivity contribution is 9.11. The fourth-order valence-corrected chi connectivity index (χ4v) is 2.32. The molecule has 2 rings (SSSR count). The van der Waals surface area contributed by atoms with Crippen molar-refractivity contribution in [2.75, 3.05) is 0 Å². The third kappa shape index (κ3) is 1.42. The number of aryl methyl sites for hydroxylation is 1. The molecule has 13 heavy (non-hydrogen) atoms. The zero-order valence-electron chi connectivity index (χ0n) is 7.09. The standard InChI is InChI=1S/C9H8Br2N2/c1-2-13-5-12-8-6(10)3-4-7(11)9(8)13/h3-5H,2H2,1H3. The Morgan fingerprint density at radius 3 is 2.69 bits per heavy atom. The van der Waals surface area contributed by atoms with Crippen LogP contribution in [-0.2, 0) is 6.54 Å². The minimum Gasteiger partial charge on any atom is -0.330 e. The summed E-state index contributed by atoms with van der Waals surface area (Å²) >= 11 is 7.00. The van der Waals surface area contributed by atoms with Crippen LogP contribution in [0.5, 0.6) is 0 Å². The Morgan fingerprint density at radius 1 is 1.31 bits per heavy atom. The highest BCUT2D eigenvalue weighted by Crippen LogP contribution is 2.29. The van der Waals surface area contributed by atoms with Gasteiger partial charge in [-0.2, -0.15) is 0 Å². The predicted octanol–water partition coefficient (Wildman–Crippen LogP) is 3.58. The van der Waals surface area contributed by atoms with Crippen molar-refractivity contribution in [3.8, 4) is 0 Å². The molecule has 68 valence electrons. The van der Waals surface area contributed by atoms with E-state index in [1.54, 1.807) is 0 Å². The van der Waals surface area contributed by atoms with Gasteiger partial charge in [0.05, 0.1) is 11.8 Å². The Kier molecular flexibility index (Phi) is 2.43. The van der Waals surface area contributed by atoms with Crippen LogP contribution in [0.2, 0.25) is 0 Å². The lowest BCUT2D eigenvalue weighted by molar-refractivity contribution is 0.786. The van der Waals surface area contributed by atoms with E-state index in [-0.39, 0.29) is 0 Å². The van der Waals surface area contributed by atoms with Gasteiger partial charge in [-0.3, -0.25) is 0 Å². The first kappa shape index (κ1) is 9.21. The zero-order valence-corrected chi connectivity index (χ0v) is 10.3. The first-order valence-electron chi connectivity index (χ1n) is 4.03. The summed E-state index contributed by atoms with van der Waals surface area (Å²) in [5, 5.41) is 0. The summed E-state index contributed by atoms with van der Waals surface area (Å²) in [6.45, 7) is 3.04. The molecule has 1 aromatic heterocycles. The predicted molar refractivity (Wildman–Crippen MR) is 60.8 cm³/mol. The summed E-state index contributed by atoms with van der Waals surface area (Å²) in [6.07, 6.45) is 1.86. The summed E-state index contributed by atoms with van der Waals surface area (Å²) in [7, 11) is 0. The van der Waals surface area contributed by atoms with Gasteiger partial charge in [0.25, 0.3) is 0 Å². The van der Waals surface area contributed by atoms with Gasteiger partial charge >= 0.3 is 0 Å². The van der Waals surface area contributed by atoms with Gasteiger partial charge in [-0.15, -0.1) is 0 Å². The zero-order chi connectivity index (χ0) is 9.42. The summed E-state index contributed by atoms with van der Waals surface area (Å²) in [5.41, 5.74) is 2.16. The van der Waals surface area contributed by atoms with E-state index in [1.165, 1.54) is 0 Å². The average molecular weight is 304 g/mol. The number of hydrogen-bond acceptors (Lipinski definition) is 1. The molecule has 2 aromatic rings. The van der Waals surface area contributed by atoms with E-state index < -0.39 is 0 Å². The van der Waals surface area contributed by atoms with E-state index in [4.69, 9.17) is 0 Å². The minimum atomic E-state index is 0.936. The molecular formula is C9H8Br2N2. The summed E-state index contributed by atoms with van der Waals surface area (Å²) in [5.74, 6) is 0. The topological polar surface area (TPSA) is 17.8 Å². The molecule has 0 saturated carbocycles. The lowest BCUT2D eigenvalue weighted by Crippen LogP contribution is -1.91. The van der Waals surface area contributed by atoms with Gasteiger partial charge in [0, 0.05) is 15.5 Å². The minimum absolute atomic E-state index is 0.936. The van der Waals surface area contributed by atoms with Crippen LogP contribution in [0.4, 0.5) is 0 Å². The molecule has 0 aliphatic heterocycles. The molecule has 2 nitrogen and oxygen atoms in total. The fourth-order valence-electron chi connectivity index (χ4n) is 1.35. The number of halogens is 2. The van der Waals surface area contributed by atoms with Crippen molar-refractivity contribution in [2.24, 2.45) is 0 Å². The van der Waals surface area contributed by atoms with Crippen molar-refractivity contribution < 1.29 is 0 Å². The molecule has 0 N–H and O–H groups in total. The van der Waals surface area contributed by atoms with Gasteiger partial charge in [-0.25, -0.2) is 4.98 Å². The van der Waals surface area contributed by atoms with Crippen LogP contribution in [0.1, 0.15) is 6.92 Å². The van der Waals surface area contributed by atoms with Crippen LogP contribution in [0, 0.1) is 0 Å². The Labute approximate surface area is 93.2 Å². The summed E-state index contributed by atoms with van der Waals surface area (Å²) < 4.78 is 4.24. The van der Waals surface area contributed by atoms with Gasteiger partial charge in [0.15, 0.2) is 0 Å². The van der Waals surface area contributed by atoms with Crippen molar-refractivity contribution in [1.82, 2.24) is 9.55 Å². The number of nitrogens with zero attached hydrogens (tertiary/aromatic N) is 2. The second kappa shape index (κ2) is 3.42. The highest BCUT2D eigenvalue weighted by atomic mass is 79.9. The number of benzene rings is 1. The van der Waals surface area contributed by atoms with Gasteiger partial charge in [0.2, 0.25) is 0 Å². The second-order valence-electron chi connectivity index (χ2n) is 2.76. The molecule has 0 bridgehead atoms. The lowest BCUT2D eigenvalue weighted by atomic mass is 10.3. The van der Waals surface area contributed by atoms with Crippen molar-refractivity contribution in [3.63, 3.8) is 0 Å². The Bertz CT molecular complexity index is 448. The normalized spacial score (nSPS) is 11.0. The Hall–Kier alpha value is -0.350. The Balaban J connectivity index is 2.87. The molecule has 4 heteroatoms. The number of fused-ring (bicyclic) bond motifs is 1. The van der Waals surface area contributed by atoms with Crippen LogP contribution in [0.25, 0.3) is 11.0 Å². The summed E-state index contributed by atoms with van der Waals surface area (Å²) in [6, 6.07) is 4.03. The van der Waals surface area contributed by atoms with Gasteiger partial charge in [0.1, 0.15) is 5.52 Å². The maximum Gasteiger partial charge on any atom is 0.104 e. The molecule has 1 heterocycles. The first-order chi connectivity index (χ1) is 6.24. The van der Waals surface area contributed by atoms with Crippen molar-refractivity contribution in [1.29, 1.82) is 0 Å². The van der Waals surface area contributed by atoms with Crippen LogP contribution in [0.3, 0.4) is 0 Å². The van der Waals surface area contributed by atoms with Crippen LogP contribution < -0.4 is 0 Å². The molecule has 0 amide bonds. The van der Waals surface area contributed by atoms with E-state index in [2.05, 4.69) is 48.3 Å². The monoisotopic (exact) mass is 302 g/mol. The van der Waals surface area contributed by atoms with E-state index in [9.17, 15) is 0 Å². The maximum absolute atomic E-state index is 4.34. The first-order valence-corrected chi connectivity index (χ1v) is 5.61. The number of rotatable bonds is 1. The highest BCUT2D eigenvalue weighted by Gasteiger charge is 2.07. The molecule has 0 radical (unpaired) electrons. The van der Waals surface area contributed by atoms with Gasteiger partial charge < -0.3 is 4.57 Å². The third-order valence-corrected chi connectivity index (χ3v) is 3.29. The van der Waals surface area contributed by atoms with Gasteiger partial charge in [-0.1, -0.05) is 0 Å². The van der Waals surface area contributed by atoms with Crippen LogP contribution in [-0.4, -0.2) is 9.55 Å². The largest absolute Gasteiger partial charge is 0.330 e. The second-order valence-corrected chi connectivity index (χ2v) is 4.47. The van der Waals surface area contributed by atoms with E-state index in [0.29, 0.717) is 0 Å². The van der Waals surface area contributed by atoms with Crippen molar-refractivity contribution in [2.45, 2.75) is 13.5 Å². The molecular weight excluding hydrogens is 296 g/mol. The molecule has 0 spiro atoms. The molecule has 0 aliphatic carbocycles. The number of hydrogen-bond donors (Lipinski definition) is 0. The SMILES string of the molecule is CCn1cnc2c(Br)ccc(Br)c21. The van der Waals surface area contributed by atoms with E-state index in [1.807, 2.05) is 18.5 Å². The van der Waals surface area contributed by atoms with Crippen LogP contribution in [0.15, 0.2) is 27.4 Å². The number of imidazole rings is 1. The molecule has 0 atom stereocenters. The molecule has 0 unspecified atom stereocenters. The molecule has 0 aliphatic rings. The smallest absolute Gasteiger partial charge is 0.104 e. The molecule has 1 aromatic carbocycles. The van der Waals surface area contributed by atoms with Crippen LogP contribution >= 0.6 is 31.9 Å². The van der Waals surface area contributed by atoms with Gasteiger partial charge in [-0.05, 0) is 50.9 Å². The van der Waals surface area contributed by atoms with Crippen molar-refractivity contribution in [3.05, 3.63) is 27.4 Å². The maximum atomic E-state index is 4.34. The molecule has 0 saturated heterocycles. The molecule has 0 fully saturated rings. The van der Waals surface area contributed by atoms with E-state index >= 15 is 0 Å². The number of aromatic nitrogens is 2. The Morgan fingerprint density at radius 2 is 2.00 bits per heavy atom. The lowest BCUT2D eigenvalue weighted by Gasteiger charge is -2.01. The summed E-state index contributed by atoms with van der Waals surface area (Å²) in [4.78, 5) is 4.34. The van der Waals surface area contributed by atoms with E-state index in [0.717, 1.165) is 26.5 Å².